The average molecular weight is 889 g/mol. The van der Waals surface area contributed by atoms with Crippen LogP contribution < -0.4 is 10.2 Å². The minimum Gasteiger partial charge on any atom is -0.508 e. The van der Waals surface area contributed by atoms with Crippen molar-refractivity contribution in [3.8, 4) is 34.3 Å². The van der Waals surface area contributed by atoms with Gasteiger partial charge in [0.25, 0.3) is 0 Å². The Balaban J connectivity index is 1.20. The molecule has 19 atom stereocenters. The minimum atomic E-state index is -2.13. The first-order valence-electron chi connectivity index (χ1n) is 19.3. The number of hydrogen-bond donors (Lipinski definition) is 14. The second kappa shape index (κ2) is 18.7. The summed E-state index contributed by atoms with van der Waals surface area (Å²) in [7, 11) is 0. The molecule has 0 spiro atoms. The van der Waals surface area contributed by atoms with E-state index in [1.807, 2.05) is 0 Å². The number of benzene rings is 2. The van der Waals surface area contributed by atoms with Crippen LogP contribution in [-0.4, -0.2) is 208 Å². The molecule has 4 fully saturated rings. The van der Waals surface area contributed by atoms with Crippen molar-refractivity contribution in [2.24, 2.45) is 0 Å². The Bertz CT molecular complexity index is 2050. The summed E-state index contributed by atoms with van der Waals surface area (Å²) in [4.78, 5) is 14.2. The van der Waals surface area contributed by atoms with E-state index in [-0.39, 0.29) is 22.7 Å². The summed E-state index contributed by atoms with van der Waals surface area (Å²) in [5.41, 5.74) is -1.33. The highest BCUT2D eigenvalue weighted by Gasteiger charge is 2.53. The zero-order valence-corrected chi connectivity index (χ0v) is 32.4. The standard InChI is InChI=1S/C38H48O24/c1-11-21(44)32(60-35-28(51)22(45)16(43)9-54-35)30(53)36(56-11)55-10-19-24(47)27(50)34(62-37-29(52)26(49)23(46)18(8-39)58-37)38(59-19)61-33-25(48)20-15(42)6-14(41)7-17(20)57-31(33)12-2-4-13(40)5-3-12/h2-7,11,16,18-19,21-24,26-30,32,34-47,49-53H,8-10H2,1H3/t11-,16+,18+,19+,21-,22-,23+,24+,26-,27-,28+,29+,30+,32+,34+,35-,36+,37-,38-/m0/s1. The topological polar surface area (TPSA) is 387 Å². The Morgan fingerprint density at radius 3 is 1.98 bits per heavy atom. The molecule has 0 radical (unpaired) electrons. The third-order valence-corrected chi connectivity index (χ3v) is 11.0. The van der Waals surface area contributed by atoms with E-state index in [0.29, 0.717) is 0 Å². The molecule has 4 aliphatic rings. The maximum Gasteiger partial charge on any atom is 0.239 e. The molecule has 344 valence electrons. The van der Waals surface area contributed by atoms with Crippen LogP contribution in [0.5, 0.6) is 23.0 Å². The molecule has 24 heteroatoms. The number of rotatable bonds is 11. The van der Waals surface area contributed by atoms with Crippen LogP contribution in [0.25, 0.3) is 22.3 Å². The second-order valence-electron chi connectivity index (χ2n) is 15.3. The molecular weight excluding hydrogens is 840 g/mol. The van der Waals surface area contributed by atoms with Gasteiger partial charge in [-0.3, -0.25) is 4.79 Å². The predicted molar refractivity (Wildman–Crippen MR) is 198 cm³/mol. The van der Waals surface area contributed by atoms with Gasteiger partial charge >= 0.3 is 0 Å². The predicted octanol–water partition coefficient (Wildman–Crippen LogP) is -5.11. The molecule has 4 saturated heterocycles. The number of hydrogen-bond acceptors (Lipinski definition) is 24. The molecule has 3 aromatic rings. The van der Waals surface area contributed by atoms with Gasteiger partial charge in [-0.05, 0) is 31.2 Å². The molecular formula is C38H48O24. The van der Waals surface area contributed by atoms with Gasteiger partial charge in [0.1, 0.15) is 108 Å². The van der Waals surface area contributed by atoms with E-state index < -0.39 is 165 Å². The molecule has 0 saturated carbocycles. The Morgan fingerprint density at radius 2 is 1.29 bits per heavy atom. The molecule has 14 N–H and O–H groups in total. The number of aliphatic hydroxyl groups is 11. The number of ether oxygens (including phenoxy) is 8. The maximum atomic E-state index is 14.2. The first-order valence-corrected chi connectivity index (χ1v) is 19.3. The van der Waals surface area contributed by atoms with Crippen LogP contribution in [0.1, 0.15) is 6.92 Å². The highest BCUT2D eigenvalue weighted by Crippen LogP contribution is 2.39. The molecule has 0 aliphatic carbocycles. The van der Waals surface area contributed by atoms with Crippen LogP contribution in [0.2, 0.25) is 0 Å². The van der Waals surface area contributed by atoms with Crippen molar-refractivity contribution in [2.75, 3.05) is 19.8 Å². The van der Waals surface area contributed by atoms with Gasteiger partial charge in [0, 0.05) is 17.7 Å². The van der Waals surface area contributed by atoms with Gasteiger partial charge in [-0.1, -0.05) is 0 Å². The molecule has 0 bridgehead atoms. The fraction of sp³-hybridized carbons (Fsp3) is 0.605. The molecule has 24 nitrogen and oxygen atoms in total. The van der Waals surface area contributed by atoms with Crippen LogP contribution >= 0.6 is 0 Å². The normalized spacial score (nSPS) is 40.4. The van der Waals surface area contributed by atoms with Crippen molar-refractivity contribution < 1.29 is 114 Å². The largest absolute Gasteiger partial charge is 0.508 e. The molecule has 7 rings (SSSR count). The molecule has 0 amide bonds. The van der Waals surface area contributed by atoms with Gasteiger partial charge in [-0.2, -0.15) is 0 Å². The van der Waals surface area contributed by atoms with Crippen molar-refractivity contribution >= 4 is 11.0 Å². The minimum absolute atomic E-state index is 0.0793. The van der Waals surface area contributed by atoms with E-state index in [1.165, 1.54) is 31.2 Å². The summed E-state index contributed by atoms with van der Waals surface area (Å²) in [6.07, 6.45) is -33.7. The molecule has 62 heavy (non-hydrogen) atoms. The van der Waals surface area contributed by atoms with Crippen molar-refractivity contribution in [3.63, 3.8) is 0 Å². The van der Waals surface area contributed by atoms with Gasteiger partial charge in [0.05, 0.1) is 25.9 Å². The Labute approximate surface area is 349 Å². The van der Waals surface area contributed by atoms with E-state index in [0.717, 1.165) is 12.1 Å². The Hall–Kier alpha value is -3.87. The third kappa shape index (κ3) is 8.94. The fourth-order valence-electron chi connectivity index (χ4n) is 7.45. The lowest BCUT2D eigenvalue weighted by Crippen LogP contribution is -2.65. The maximum absolute atomic E-state index is 14.2. The van der Waals surface area contributed by atoms with Crippen molar-refractivity contribution in [1.29, 1.82) is 0 Å². The van der Waals surface area contributed by atoms with E-state index in [1.54, 1.807) is 0 Å². The Morgan fingerprint density at radius 1 is 0.645 bits per heavy atom. The van der Waals surface area contributed by atoms with Gasteiger partial charge < -0.3 is 114 Å². The SMILES string of the molecule is C[C@@H]1O[C@@H](OC[C@H]2O[C@@H](Oc3c(-c4ccc(O)cc4)oc4cc(O)cc(O)c4c3=O)[C@H](O[C@@H]3O[C@H](CO)[C@@H](O)[C@H](O)[C@H]3O)[C@@H](O)[C@@H]2O)[C@H](O)[C@H](O[C@@H]2OC[C@@H](O)[C@H](O)[C@H]2O)[C@H]1O. The summed E-state index contributed by atoms with van der Waals surface area (Å²) in [5.74, 6) is -2.55. The summed E-state index contributed by atoms with van der Waals surface area (Å²) in [6.45, 7) is -0.743. The summed E-state index contributed by atoms with van der Waals surface area (Å²) in [5, 5.41) is 147. The van der Waals surface area contributed by atoms with E-state index in [9.17, 15) is 76.3 Å². The Kier molecular flexibility index (Phi) is 13.9. The third-order valence-electron chi connectivity index (χ3n) is 11.0. The summed E-state index contributed by atoms with van der Waals surface area (Å²) >= 11 is 0. The van der Waals surface area contributed by atoms with Crippen molar-refractivity contribution in [2.45, 2.75) is 124 Å². The van der Waals surface area contributed by atoms with Crippen LogP contribution in [0.4, 0.5) is 0 Å². The zero-order chi connectivity index (χ0) is 44.9. The number of aliphatic hydroxyl groups excluding tert-OH is 11. The van der Waals surface area contributed by atoms with Gasteiger partial charge in [0.2, 0.25) is 17.5 Å². The lowest BCUT2D eigenvalue weighted by Gasteiger charge is -2.46. The highest BCUT2D eigenvalue weighted by molar-refractivity contribution is 5.88. The summed E-state index contributed by atoms with van der Waals surface area (Å²) < 4.78 is 51.5. The van der Waals surface area contributed by atoms with Crippen molar-refractivity contribution in [3.05, 3.63) is 46.6 Å². The number of aromatic hydroxyl groups is 3. The average Bonchev–Trinajstić information content (AvgIpc) is 3.23. The highest BCUT2D eigenvalue weighted by atomic mass is 16.8. The van der Waals surface area contributed by atoms with Crippen LogP contribution in [0.15, 0.2) is 45.6 Å². The monoisotopic (exact) mass is 888 g/mol. The number of phenols is 3. The smallest absolute Gasteiger partial charge is 0.239 e. The fourth-order valence-corrected chi connectivity index (χ4v) is 7.45. The number of phenolic OH excluding ortho intramolecular Hbond substituents is 3. The first-order chi connectivity index (χ1) is 29.4. The van der Waals surface area contributed by atoms with Crippen LogP contribution in [0, 0.1) is 0 Å². The van der Waals surface area contributed by atoms with E-state index in [2.05, 4.69) is 0 Å². The molecule has 4 aliphatic heterocycles. The molecule has 5 heterocycles. The molecule has 1 aromatic heterocycles. The van der Waals surface area contributed by atoms with Gasteiger partial charge in [0.15, 0.2) is 30.7 Å². The van der Waals surface area contributed by atoms with Crippen LogP contribution in [-0.2, 0) is 33.2 Å². The first kappa shape index (κ1) is 46.1. The van der Waals surface area contributed by atoms with Crippen LogP contribution in [0.3, 0.4) is 0 Å². The van der Waals surface area contributed by atoms with E-state index in [4.69, 9.17) is 42.3 Å². The zero-order valence-electron chi connectivity index (χ0n) is 32.4. The van der Waals surface area contributed by atoms with Gasteiger partial charge in [-0.25, -0.2) is 0 Å². The quantitative estimate of drug-likeness (QED) is 0.0856. The van der Waals surface area contributed by atoms with Crippen molar-refractivity contribution in [1.82, 2.24) is 0 Å². The lowest BCUT2D eigenvalue weighted by molar-refractivity contribution is -0.366. The van der Waals surface area contributed by atoms with Gasteiger partial charge in [-0.15, -0.1) is 0 Å². The molecule has 2 aromatic carbocycles. The molecule has 0 unspecified atom stereocenters. The second-order valence-corrected chi connectivity index (χ2v) is 15.3. The number of fused-ring (bicyclic) bond motifs is 1. The summed E-state index contributed by atoms with van der Waals surface area (Å²) in [6, 6.07) is 6.95. The lowest BCUT2D eigenvalue weighted by atomic mass is 9.97. The van der Waals surface area contributed by atoms with E-state index >= 15 is 0 Å².